The number of esters is 1. The number of hydrogen-bond acceptors (Lipinski definition) is 3. The lowest BCUT2D eigenvalue weighted by Crippen LogP contribution is -2.58. The minimum absolute atomic E-state index is 0.0110. The number of hydrogen-bond donors (Lipinski definition) is 0. The number of ether oxygens (including phenoxy) is 1. The van der Waals surface area contributed by atoms with Crippen LogP contribution in [0.3, 0.4) is 0 Å². The SMILES string of the molecule is Cc1ccc(COC(=O)[C@]2(C)CCC[C@@]3(C)[C@@H]4CC[C@@]5(C)C[C@]4(CC[C@@H]32)CC5=O)cc1. The van der Waals surface area contributed by atoms with Crippen LogP contribution in [-0.2, 0) is 20.9 Å². The van der Waals surface area contributed by atoms with Crippen molar-refractivity contribution in [2.24, 2.45) is 33.5 Å². The Hall–Kier alpha value is -1.64. The summed E-state index contributed by atoms with van der Waals surface area (Å²) in [4.78, 5) is 26.4. The fourth-order valence-corrected chi connectivity index (χ4v) is 8.75. The number of carbonyl (C=O) groups is 2. The van der Waals surface area contributed by atoms with E-state index in [1.807, 2.05) is 0 Å². The number of Topliss-reactive ketones (excluding diaryl/α,β-unsaturated/α-hetero) is 1. The van der Waals surface area contributed by atoms with Crippen molar-refractivity contribution in [3.63, 3.8) is 0 Å². The summed E-state index contributed by atoms with van der Waals surface area (Å²) in [5, 5.41) is 0. The van der Waals surface area contributed by atoms with E-state index >= 15 is 0 Å². The lowest BCUT2D eigenvalue weighted by molar-refractivity contribution is -0.188. The maximum absolute atomic E-state index is 13.5. The predicted octanol–water partition coefficient (Wildman–Crippen LogP) is 6.41. The highest BCUT2D eigenvalue weighted by molar-refractivity contribution is 5.88. The van der Waals surface area contributed by atoms with Gasteiger partial charge >= 0.3 is 5.97 Å². The molecule has 4 saturated carbocycles. The Morgan fingerprint density at radius 3 is 2.45 bits per heavy atom. The van der Waals surface area contributed by atoms with E-state index in [0.717, 1.165) is 56.9 Å². The Morgan fingerprint density at radius 2 is 1.71 bits per heavy atom. The van der Waals surface area contributed by atoms with Crippen LogP contribution in [0, 0.1) is 40.4 Å². The topological polar surface area (TPSA) is 43.4 Å². The molecule has 0 amide bonds. The number of aryl methyl sites for hydroxylation is 1. The highest BCUT2D eigenvalue weighted by atomic mass is 16.5. The molecule has 0 unspecified atom stereocenters. The molecule has 1 aromatic carbocycles. The van der Waals surface area contributed by atoms with Crippen molar-refractivity contribution in [2.75, 3.05) is 0 Å². The van der Waals surface area contributed by atoms with Gasteiger partial charge in [-0.05, 0) is 87.0 Å². The third-order valence-electron chi connectivity index (χ3n) is 10.3. The second-order valence-corrected chi connectivity index (χ2v) is 12.2. The molecule has 4 aliphatic carbocycles. The molecular weight excluding hydrogens is 384 g/mol. The van der Waals surface area contributed by atoms with Gasteiger partial charge in [0.15, 0.2) is 0 Å². The molecule has 1 aromatic rings. The van der Waals surface area contributed by atoms with Crippen LogP contribution in [-0.4, -0.2) is 11.8 Å². The van der Waals surface area contributed by atoms with Gasteiger partial charge in [0, 0.05) is 11.8 Å². The molecule has 0 aromatic heterocycles. The van der Waals surface area contributed by atoms with Crippen LogP contribution in [0.25, 0.3) is 0 Å². The van der Waals surface area contributed by atoms with Gasteiger partial charge in [-0.1, -0.05) is 50.1 Å². The van der Waals surface area contributed by atoms with E-state index in [0.29, 0.717) is 24.2 Å². The highest BCUT2D eigenvalue weighted by Crippen LogP contribution is 2.73. The van der Waals surface area contributed by atoms with Crippen molar-refractivity contribution in [3.05, 3.63) is 35.4 Å². The molecule has 4 fully saturated rings. The van der Waals surface area contributed by atoms with Gasteiger partial charge in [0.25, 0.3) is 0 Å². The summed E-state index contributed by atoms with van der Waals surface area (Å²) in [7, 11) is 0. The average molecular weight is 423 g/mol. The minimum atomic E-state index is -0.414. The van der Waals surface area contributed by atoms with E-state index in [1.165, 1.54) is 12.0 Å². The lowest BCUT2D eigenvalue weighted by Gasteiger charge is -2.63. The summed E-state index contributed by atoms with van der Waals surface area (Å²) in [5.74, 6) is 1.42. The Kier molecular flexibility index (Phi) is 4.74. The first-order valence-electron chi connectivity index (χ1n) is 12.4. The summed E-state index contributed by atoms with van der Waals surface area (Å²) >= 11 is 0. The fourth-order valence-electron chi connectivity index (χ4n) is 8.75. The van der Waals surface area contributed by atoms with Crippen LogP contribution < -0.4 is 0 Å². The number of ketones is 1. The van der Waals surface area contributed by atoms with E-state index in [4.69, 9.17) is 4.74 Å². The zero-order valence-electron chi connectivity index (χ0n) is 19.8. The molecular formula is C28H38O3. The monoisotopic (exact) mass is 422 g/mol. The molecule has 3 heteroatoms. The Bertz CT molecular complexity index is 903. The van der Waals surface area contributed by atoms with Gasteiger partial charge in [-0.15, -0.1) is 0 Å². The summed E-state index contributed by atoms with van der Waals surface area (Å²) in [5.41, 5.74) is 2.11. The molecule has 4 aliphatic rings. The van der Waals surface area contributed by atoms with Gasteiger partial charge in [0.1, 0.15) is 12.4 Å². The Morgan fingerprint density at radius 1 is 1.00 bits per heavy atom. The third kappa shape index (κ3) is 3.05. The fraction of sp³-hybridized carbons (Fsp3) is 0.714. The summed E-state index contributed by atoms with van der Waals surface area (Å²) in [6.07, 6.45) is 9.43. The number of rotatable bonds is 3. The largest absolute Gasteiger partial charge is 0.460 e. The molecule has 31 heavy (non-hydrogen) atoms. The van der Waals surface area contributed by atoms with Crippen molar-refractivity contribution in [1.29, 1.82) is 0 Å². The molecule has 3 nitrogen and oxygen atoms in total. The maximum atomic E-state index is 13.5. The maximum Gasteiger partial charge on any atom is 0.312 e. The number of benzene rings is 1. The molecule has 0 aliphatic heterocycles. The molecule has 168 valence electrons. The van der Waals surface area contributed by atoms with Crippen LogP contribution in [0.2, 0.25) is 0 Å². The Labute approximate surface area is 187 Å². The van der Waals surface area contributed by atoms with Crippen LogP contribution >= 0.6 is 0 Å². The van der Waals surface area contributed by atoms with E-state index in [2.05, 4.69) is 52.0 Å². The van der Waals surface area contributed by atoms with E-state index in [1.54, 1.807) is 0 Å². The molecule has 2 bridgehead atoms. The summed E-state index contributed by atoms with van der Waals surface area (Å²) in [6.45, 7) is 9.28. The number of carbonyl (C=O) groups excluding carboxylic acids is 2. The van der Waals surface area contributed by atoms with Crippen molar-refractivity contribution in [1.82, 2.24) is 0 Å². The Balaban J connectivity index is 1.38. The molecule has 0 heterocycles. The highest BCUT2D eigenvalue weighted by Gasteiger charge is 2.68. The van der Waals surface area contributed by atoms with Crippen molar-refractivity contribution in [2.45, 2.75) is 92.1 Å². The molecule has 6 atom stereocenters. The summed E-state index contributed by atoms with van der Waals surface area (Å²) < 4.78 is 5.94. The van der Waals surface area contributed by atoms with Gasteiger partial charge in [0.2, 0.25) is 0 Å². The van der Waals surface area contributed by atoms with Crippen molar-refractivity contribution in [3.8, 4) is 0 Å². The molecule has 0 radical (unpaired) electrons. The second-order valence-electron chi connectivity index (χ2n) is 12.2. The first-order chi connectivity index (χ1) is 14.6. The third-order valence-corrected chi connectivity index (χ3v) is 10.3. The van der Waals surface area contributed by atoms with E-state index < -0.39 is 5.41 Å². The zero-order chi connectivity index (χ0) is 22.1. The van der Waals surface area contributed by atoms with E-state index in [9.17, 15) is 9.59 Å². The van der Waals surface area contributed by atoms with E-state index in [-0.39, 0.29) is 22.2 Å². The van der Waals surface area contributed by atoms with Crippen molar-refractivity contribution >= 4 is 11.8 Å². The van der Waals surface area contributed by atoms with Gasteiger partial charge < -0.3 is 4.74 Å². The normalized spacial score (nSPS) is 43.8. The summed E-state index contributed by atoms with van der Waals surface area (Å²) in [6, 6.07) is 8.25. The zero-order valence-corrected chi connectivity index (χ0v) is 19.8. The van der Waals surface area contributed by atoms with Crippen LogP contribution in [0.4, 0.5) is 0 Å². The molecule has 0 N–H and O–H groups in total. The van der Waals surface area contributed by atoms with Gasteiger partial charge in [-0.25, -0.2) is 0 Å². The quantitative estimate of drug-likeness (QED) is 0.529. The lowest BCUT2D eigenvalue weighted by atomic mass is 9.40. The molecule has 5 rings (SSSR count). The molecule has 0 saturated heterocycles. The first kappa shape index (κ1) is 21.2. The standard InChI is InChI=1S/C28H38O3/c1-19-6-8-20(9-7-19)17-31-24(30)27(4)13-5-12-26(3)21(27)11-15-28-16-23(29)25(2,18-28)14-10-22(26)28/h6-9,21-22H,5,10-18H2,1-4H3/t21-,22-,25-,26+,27+,28-/m0/s1. The van der Waals surface area contributed by atoms with Crippen LogP contribution in [0.15, 0.2) is 24.3 Å². The van der Waals surface area contributed by atoms with Crippen LogP contribution in [0.5, 0.6) is 0 Å². The second kappa shape index (κ2) is 6.93. The van der Waals surface area contributed by atoms with Gasteiger partial charge in [0.05, 0.1) is 5.41 Å². The van der Waals surface area contributed by atoms with Gasteiger partial charge in [-0.3, -0.25) is 9.59 Å². The smallest absolute Gasteiger partial charge is 0.312 e. The predicted molar refractivity (Wildman–Crippen MR) is 121 cm³/mol. The van der Waals surface area contributed by atoms with Gasteiger partial charge in [-0.2, -0.15) is 0 Å². The molecule has 1 spiro atoms. The van der Waals surface area contributed by atoms with Crippen LogP contribution in [0.1, 0.15) is 89.7 Å². The number of fused-ring (bicyclic) bond motifs is 3. The first-order valence-corrected chi connectivity index (χ1v) is 12.4. The average Bonchev–Trinajstić information content (AvgIpc) is 2.90. The minimum Gasteiger partial charge on any atom is -0.460 e. The van der Waals surface area contributed by atoms with Crippen molar-refractivity contribution < 1.29 is 14.3 Å².